The maximum absolute atomic E-state index is 10.8. The van der Waals surface area contributed by atoms with Crippen LogP contribution in [0.25, 0.3) is 10.9 Å². The van der Waals surface area contributed by atoms with Crippen LogP contribution < -0.4 is 5.32 Å². The van der Waals surface area contributed by atoms with Gasteiger partial charge in [-0.05, 0) is 24.3 Å². The Hall–Kier alpha value is -2.53. The first-order valence-electron chi connectivity index (χ1n) is 7.67. The SMILES string of the molecule is C=C(Nc1ccc(C(=O)O)cc1)c1nccn1C(=C)Cl.CC.CC. The lowest BCUT2D eigenvalue weighted by molar-refractivity contribution is 0.0697. The summed E-state index contributed by atoms with van der Waals surface area (Å²) in [6, 6.07) is 6.31. The minimum absolute atomic E-state index is 0.219. The van der Waals surface area contributed by atoms with Gasteiger partial charge in [0.2, 0.25) is 0 Å². The molecule has 0 saturated heterocycles. The van der Waals surface area contributed by atoms with Crippen LogP contribution in [0, 0.1) is 0 Å². The Labute approximate surface area is 148 Å². The number of imidazole rings is 1. The van der Waals surface area contributed by atoms with Crippen LogP contribution in [0.3, 0.4) is 0 Å². The maximum Gasteiger partial charge on any atom is 0.335 e. The summed E-state index contributed by atoms with van der Waals surface area (Å²) in [5, 5.41) is 12.2. The Bertz CT molecular complexity index is 676. The van der Waals surface area contributed by atoms with Gasteiger partial charge in [-0.3, -0.25) is 4.57 Å². The van der Waals surface area contributed by atoms with Crippen molar-refractivity contribution in [3.05, 3.63) is 61.2 Å². The minimum atomic E-state index is -0.968. The van der Waals surface area contributed by atoms with E-state index in [0.717, 1.165) is 0 Å². The first-order chi connectivity index (χ1) is 11.5. The summed E-state index contributed by atoms with van der Waals surface area (Å²) in [5.41, 5.74) is 1.45. The van der Waals surface area contributed by atoms with Crippen molar-refractivity contribution in [3.8, 4) is 0 Å². The molecule has 0 fully saturated rings. The number of aromatic carboxylic acids is 1. The number of anilines is 1. The third-order valence-electron chi connectivity index (χ3n) is 2.60. The lowest BCUT2D eigenvalue weighted by Crippen LogP contribution is -2.05. The number of hydrogen-bond acceptors (Lipinski definition) is 3. The lowest BCUT2D eigenvalue weighted by Gasteiger charge is -2.11. The molecule has 0 spiro atoms. The Kier molecular flexibility index (Phi) is 9.91. The average molecular weight is 350 g/mol. The lowest BCUT2D eigenvalue weighted by atomic mass is 10.2. The maximum atomic E-state index is 10.8. The predicted octanol–water partition coefficient (Wildman–Crippen LogP) is 5.38. The van der Waals surface area contributed by atoms with Gasteiger partial charge in [0.15, 0.2) is 5.82 Å². The number of carboxylic acids is 1. The second-order valence-electron chi connectivity index (χ2n) is 3.98. The van der Waals surface area contributed by atoms with E-state index in [1.807, 2.05) is 27.7 Å². The first kappa shape index (κ1) is 21.5. The molecule has 0 aliphatic heterocycles. The molecule has 0 bridgehead atoms. The number of rotatable bonds is 5. The van der Waals surface area contributed by atoms with E-state index in [-0.39, 0.29) is 5.56 Å². The molecular weight excluding hydrogens is 326 g/mol. The van der Waals surface area contributed by atoms with Gasteiger partial charge in [0.05, 0.1) is 11.3 Å². The van der Waals surface area contributed by atoms with Crippen molar-refractivity contribution in [3.63, 3.8) is 0 Å². The Morgan fingerprint density at radius 2 is 1.71 bits per heavy atom. The summed E-state index contributed by atoms with van der Waals surface area (Å²) < 4.78 is 1.59. The number of nitrogens with one attached hydrogen (secondary N) is 1. The Morgan fingerprint density at radius 3 is 2.17 bits per heavy atom. The normalized spacial score (nSPS) is 8.88. The van der Waals surface area contributed by atoms with E-state index in [9.17, 15) is 4.79 Å². The highest BCUT2D eigenvalue weighted by atomic mass is 35.5. The van der Waals surface area contributed by atoms with Gasteiger partial charge in [-0.2, -0.15) is 0 Å². The molecule has 0 atom stereocenters. The van der Waals surface area contributed by atoms with Gasteiger partial charge in [-0.1, -0.05) is 52.5 Å². The van der Waals surface area contributed by atoms with Crippen LogP contribution in [0.15, 0.2) is 49.8 Å². The van der Waals surface area contributed by atoms with Crippen LogP contribution >= 0.6 is 11.6 Å². The quantitative estimate of drug-likeness (QED) is 0.760. The highest BCUT2D eigenvalue weighted by Crippen LogP contribution is 2.19. The third kappa shape index (κ3) is 5.93. The van der Waals surface area contributed by atoms with E-state index < -0.39 is 5.97 Å². The number of hydrogen-bond donors (Lipinski definition) is 2. The zero-order chi connectivity index (χ0) is 18.7. The van der Waals surface area contributed by atoms with Crippen LogP contribution in [0.2, 0.25) is 0 Å². The van der Waals surface area contributed by atoms with Crippen molar-refractivity contribution in [2.45, 2.75) is 27.7 Å². The van der Waals surface area contributed by atoms with E-state index in [1.54, 1.807) is 29.1 Å². The molecule has 2 aromatic rings. The second kappa shape index (κ2) is 11.1. The van der Waals surface area contributed by atoms with Crippen molar-refractivity contribution in [1.82, 2.24) is 9.55 Å². The van der Waals surface area contributed by atoms with Crippen LogP contribution in [-0.4, -0.2) is 20.6 Å². The van der Waals surface area contributed by atoms with E-state index >= 15 is 0 Å². The van der Waals surface area contributed by atoms with Crippen molar-refractivity contribution in [2.75, 3.05) is 5.32 Å². The van der Waals surface area contributed by atoms with Gasteiger partial charge < -0.3 is 10.4 Å². The van der Waals surface area contributed by atoms with Crippen LogP contribution in [0.5, 0.6) is 0 Å². The summed E-state index contributed by atoms with van der Waals surface area (Å²) in [7, 11) is 0. The number of aromatic nitrogens is 2. The van der Waals surface area contributed by atoms with Crippen molar-refractivity contribution < 1.29 is 9.90 Å². The third-order valence-corrected chi connectivity index (χ3v) is 2.78. The Morgan fingerprint density at radius 1 is 1.17 bits per heavy atom. The molecule has 2 rings (SSSR count). The molecule has 5 nitrogen and oxygen atoms in total. The van der Waals surface area contributed by atoms with Gasteiger partial charge in [0.25, 0.3) is 0 Å². The fourth-order valence-corrected chi connectivity index (χ4v) is 1.79. The van der Waals surface area contributed by atoms with Gasteiger partial charge in [-0.15, -0.1) is 0 Å². The smallest absolute Gasteiger partial charge is 0.335 e. The molecule has 24 heavy (non-hydrogen) atoms. The molecule has 6 heteroatoms. The molecule has 1 aromatic heterocycles. The number of nitrogens with zero attached hydrogens (tertiary/aromatic N) is 2. The fraction of sp³-hybridized carbons (Fsp3) is 0.222. The van der Waals surface area contributed by atoms with Gasteiger partial charge >= 0.3 is 5.97 Å². The van der Waals surface area contributed by atoms with Gasteiger partial charge in [0.1, 0.15) is 5.16 Å². The highest BCUT2D eigenvalue weighted by Gasteiger charge is 2.09. The van der Waals surface area contributed by atoms with E-state index in [2.05, 4.69) is 23.5 Å². The average Bonchev–Trinajstić information content (AvgIpc) is 3.09. The molecule has 0 saturated carbocycles. The topological polar surface area (TPSA) is 67.2 Å². The molecule has 2 N–H and O–H groups in total. The van der Waals surface area contributed by atoms with Gasteiger partial charge in [-0.25, -0.2) is 9.78 Å². The molecule has 1 aromatic carbocycles. The highest BCUT2D eigenvalue weighted by molar-refractivity contribution is 6.44. The molecule has 0 amide bonds. The zero-order valence-electron chi connectivity index (χ0n) is 14.5. The van der Waals surface area contributed by atoms with Crippen molar-refractivity contribution in [2.24, 2.45) is 0 Å². The van der Waals surface area contributed by atoms with Crippen LogP contribution in [-0.2, 0) is 0 Å². The molecule has 130 valence electrons. The molecular formula is C18H24ClN3O2. The number of halogens is 1. The standard InChI is InChI=1S/C14H12ClN3O2.2C2H6/c1-9(13-16-7-8-18(13)10(2)15)17-12-5-3-11(4-6-12)14(19)20;2*1-2/h3-8,17H,1-2H2,(H,19,20);2*1-2H3. The molecule has 0 radical (unpaired) electrons. The molecule has 0 aliphatic carbocycles. The van der Waals surface area contributed by atoms with Crippen LogP contribution in [0.4, 0.5) is 5.69 Å². The summed E-state index contributed by atoms with van der Waals surface area (Å²) in [6.45, 7) is 15.5. The summed E-state index contributed by atoms with van der Waals surface area (Å²) in [4.78, 5) is 14.9. The van der Waals surface area contributed by atoms with Gasteiger partial charge in [0, 0.05) is 18.1 Å². The number of carboxylic acid groups (broad SMARTS) is 1. The first-order valence-corrected chi connectivity index (χ1v) is 8.04. The van der Waals surface area contributed by atoms with Crippen molar-refractivity contribution in [1.29, 1.82) is 0 Å². The molecule has 1 heterocycles. The largest absolute Gasteiger partial charge is 0.478 e. The van der Waals surface area contributed by atoms with E-state index in [4.69, 9.17) is 16.7 Å². The zero-order valence-corrected chi connectivity index (χ0v) is 15.3. The van der Waals surface area contributed by atoms with E-state index in [0.29, 0.717) is 22.4 Å². The molecule has 0 unspecified atom stereocenters. The monoisotopic (exact) mass is 349 g/mol. The van der Waals surface area contributed by atoms with Crippen molar-refractivity contribution >= 4 is 34.1 Å². The summed E-state index contributed by atoms with van der Waals surface area (Å²) >= 11 is 5.85. The fourth-order valence-electron chi connectivity index (χ4n) is 1.65. The van der Waals surface area contributed by atoms with E-state index in [1.165, 1.54) is 12.1 Å². The second-order valence-corrected chi connectivity index (χ2v) is 4.42. The number of carbonyl (C=O) groups is 1. The summed E-state index contributed by atoms with van der Waals surface area (Å²) in [6.07, 6.45) is 3.26. The predicted molar refractivity (Wildman–Crippen MR) is 102 cm³/mol. The number of benzene rings is 1. The van der Waals surface area contributed by atoms with Crippen LogP contribution in [0.1, 0.15) is 43.9 Å². The Balaban J connectivity index is 0.00000123. The summed E-state index contributed by atoms with van der Waals surface area (Å²) in [5.74, 6) is -0.434. The molecule has 0 aliphatic rings. The minimum Gasteiger partial charge on any atom is -0.478 e.